The number of fused-ring (bicyclic) bond motifs is 1. The second-order valence-electron chi connectivity index (χ2n) is 9.83. The second-order valence-corrected chi connectivity index (χ2v) is 9.83. The molecule has 2 amide bonds. The van der Waals surface area contributed by atoms with Crippen LogP contribution in [0.15, 0.2) is 24.3 Å². The van der Waals surface area contributed by atoms with Crippen LogP contribution in [0, 0.1) is 5.41 Å². The third-order valence-corrected chi connectivity index (χ3v) is 7.43. The quantitative estimate of drug-likeness (QED) is 0.739. The summed E-state index contributed by atoms with van der Waals surface area (Å²) in [7, 11) is 0. The van der Waals surface area contributed by atoms with E-state index in [1.54, 1.807) is 0 Å². The average molecular weight is 458 g/mol. The maximum Gasteiger partial charge on any atom is 0.255 e. The molecular weight excluding hydrogens is 418 g/mol. The van der Waals surface area contributed by atoms with Crippen LogP contribution in [0.1, 0.15) is 61.7 Å². The van der Waals surface area contributed by atoms with Crippen molar-refractivity contribution in [2.45, 2.75) is 51.4 Å². The number of nitrogens with one attached hydrogen (secondary N) is 1. The lowest BCUT2D eigenvalue weighted by Crippen LogP contribution is -2.49. The lowest BCUT2D eigenvalue weighted by atomic mass is 9.75. The van der Waals surface area contributed by atoms with E-state index in [0.29, 0.717) is 44.2 Å². The molecule has 33 heavy (non-hydrogen) atoms. The van der Waals surface area contributed by atoms with Crippen LogP contribution in [0.5, 0.6) is 5.75 Å². The molecule has 3 aliphatic heterocycles. The largest absolute Gasteiger partial charge is 0.492 e. The molecule has 4 rings (SSSR count). The smallest absolute Gasteiger partial charge is 0.255 e. The van der Waals surface area contributed by atoms with Gasteiger partial charge in [-0.2, -0.15) is 0 Å². The van der Waals surface area contributed by atoms with Gasteiger partial charge in [0.05, 0.1) is 25.3 Å². The zero-order valence-electron chi connectivity index (χ0n) is 19.9. The van der Waals surface area contributed by atoms with E-state index in [1.807, 2.05) is 24.3 Å². The molecule has 1 spiro atoms. The maximum absolute atomic E-state index is 12.9. The van der Waals surface area contributed by atoms with Crippen molar-refractivity contribution in [1.82, 2.24) is 15.1 Å². The maximum atomic E-state index is 12.9. The van der Waals surface area contributed by atoms with E-state index in [0.717, 1.165) is 58.3 Å². The highest BCUT2D eigenvalue weighted by molar-refractivity contribution is 5.96. The van der Waals surface area contributed by atoms with E-state index in [-0.39, 0.29) is 17.2 Å². The van der Waals surface area contributed by atoms with Crippen LogP contribution >= 0.6 is 0 Å². The Morgan fingerprint density at radius 2 is 1.73 bits per heavy atom. The van der Waals surface area contributed by atoms with Crippen molar-refractivity contribution in [3.63, 3.8) is 0 Å². The van der Waals surface area contributed by atoms with Crippen LogP contribution < -0.4 is 10.1 Å². The van der Waals surface area contributed by atoms with Gasteiger partial charge >= 0.3 is 0 Å². The van der Waals surface area contributed by atoms with Crippen molar-refractivity contribution in [1.29, 1.82) is 0 Å². The number of amides is 2. The van der Waals surface area contributed by atoms with Crippen molar-refractivity contribution >= 4 is 11.8 Å². The van der Waals surface area contributed by atoms with Crippen molar-refractivity contribution < 1.29 is 19.1 Å². The van der Waals surface area contributed by atoms with Gasteiger partial charge in [0.2, 0.25) is 5.91 Å². The highest BCUT2D eigenvalue weighted by Crippen LogP contribution is 2.38. The fraction of sp³-hybridized carbons (Fsp3) is 0.692. The van der Waals surface area contributed by atoms with Gasteiger partial charge in [-0.05, 0) is 63.7 Å². The molecule has 1 aromatic rings. The number of benzene rings is 1. The van der Waals surface area contributed by atoms with Crippen LogP contribution in [0.25, 0.3) is 0 Å². The standard InChI is InChI=1S/C26H39N3O4/c30-24(20-28-14-5-1-6-15-28)29-16-11-26(12-17-29)10-4-7-18-32-19-13-27-25(31)22-8-2-3-9-23(22)33-21-26/h2-3,8-9H,1,4-7,10-21H2,(H,27,31). The molecule has 7 heteroatoms. The van der Waals surface area contributed by atoms with Gasteiger partial charge in [-0.25, -0.2) is 0 Å². The van der Waals surface area contributed by atoms with E-state index < -0.39 is 0 Å². The van der Waals surface area contributed by atoms with E-state index >= 15 is 0 Å². The molecule has 0 aromatic heterocycles. The Labute approximate surface area is 197 Å². The van der Waals surface area contributed by atoms with Crippen LogP contribution in [0.4, 0.5) is 0 Å². The van der Waals surface area contributed by atoms with Crippen molar-refractivity contribution in [2.24, 2.45) is 5.41 Å². The molecular formula is C26H39N3O4. The predicted octanol–water partition coefficient (Wildman–Crippen LogP) is 3.09. The van der Waals surface area contributed by atoms with Crippen LogP contribution in [-0.2, 0) is 9.53 Å². The van der Waals surface area contributed by atoms with Gasteiger partial charge in [-0.1, -0.05) is 25.0 Å². The van der Waals surface area contributed by atoms with Gasteiger partial charge in [0.15, 0.2) is 0 Å². The van der Waals surface area contributed by atoms with Gasteiger partial charge in [0, 0.05) is 31.7 Å². The summed E-state index contributed by atoms with van der Waals surface area (Å²) in [5.41, 5.74) is 0.592. The SMILES string of the molecule is O=C1NCCOCCCCC2(CCN(C(=O)CN3CCCCC3)CC2)COc2ccccc21. The first-order valence-corrected chi connectivity index (χ1v) is 12.7. The Hall–Kier alpha value is -2.12. The second kappa shape index (κ2) is 11.8. The summed E-state index contributed by atoms with van der Waals surface area (Å²) < 4.78 is 12.0. The fourth-order valence-electron chi connectivity index (χ4n) is 5.25. The molecule has 7 nitrogen and oxygen atoms in total. The number of piperidine rings is 2. The van der Waals surface area contributed by atoms with Crippen molar-refractivity contribution in [3.05, 3.63) is 29.8 Å². The summed E-state index contributed by atoms with van der Waals surface area (Å²) in [5.74, 6) is 0.776. The van der Waals surface area contributed by atoms with Gasteiger partial charge in [-0.15, -0.1) is 0 Å². The molecule has 1 N–H and O–H groups in total. The monoisotopic (exact) mass is 457 g/mol. The Morgan fingerprint density at radius 1 is 0.939 bits per heavy atom. The third-order valence-electron chi connectivity index (χ3n) is 7.43. The first-order valence-electron chi connectivity index (χ1n) is 12.7. The number of hydrogen-bond donors (Lipinski definition) is 1. The molecule has 0 unspecified atom stereocenters. The zero-order valence-corrected chi connectivity index (χ0v) is 19.9. The molecule has 182 valence electrons. The van der Waals surface area contributed by atoms with E-state index in [1.165, 1.54) is 19.3 Å². The number of likely N-dealkylation sites (tertiary alicyclic amines) is 2. The number of hydrogen-bond acceptors (Lipinski definition) is 5. The molecule has 2 fully saturated rings. The first-order chi connectivity index (χ1) is 16.2. The highest BCUT2D eigenvalue weighted by Gasteiger charge is 2.37. The summed E-state index contributed by atoms with van der Waals surface area (Å²) in [6.07, 6.45) is 8.71. The Bertz CT molecular complexity index is 785. The Kier molecular flexibility index (Phi) is 8.62. The Morgan fingerprint density at radius 3 is 2.55 bits per heavy atom. The lowest BCUT2D eigenvalue weighted by molar-refractivity contribution is -0.135. The number of para-hydroxylation sites is 1. The number of ether oxygens (including phenoxy) is 2. The number of carbonyl (C=O) groups excluding carboxylic acids is 2. The number of nitrogens with zero attached hydrogens (tertiary/aromatic N) is 2. The minimum absolute atomic E-state index is 0.0234. The molecule has 0 bridgehead atoms. The molecule has 0 atom stereocenters. The summed E-state index contributed by atoms with van der Waals surface area (Å²) >= 11 is 0. The molecule has 3 heterocycles. The van der Waals surface area contributed by atoms with E-state index in [4.69, 9.17) is 9.47 Å². The summed E-state index contributed by atoms with van der Waals surface area (Å²) in [5, 5.41) is 2.92. The van der Waals surface area contributed by atoms with Gasteiger partial charge in [-0.3, -0.25) is 14.5 Å². The third kappa shape index (κ3) is 6.70. The Balaban J connectivity index is 1.40. The summed E-state index contributed by atoms with van der Waals surface area (Å²) in [6, 6.07) is 7.46. The minimum atomic E-state index is -0.126. The number of carbonyl (C=O) groups is 2. The molecule has 2 saturated heterocycles. The van der Waals surface area contributed by atoms with Crippen LogP contribution in [0.3, 0.4) is 0 Å². The van der Waals surface area contributed by atoms with Gasteiger partial charge in [0.1, 0.15) is 5.75 Å². The molecule has 0 aliphatic carbocycles. The normalized spacial score (nSPS) is 23.2. The first kappa shape index (κ1) is 24.0. The van der Waals surface area contributed by atoms with Crippen LogP contribution in [0.2, 0.25) is 0 Å². The van der Waals surface area contributed by atoms with Crippen molar-refractivity contribution in [3.8, 4) is 5.75 Å². The predicted molar refractivity (Wildman–Crippen MR) is 127 cm³/mol. The average Bonchev–Trinajstić information content (AvgIpc) is 2.85. The molecule has 0 radical (unpaired) electrons. The van der Waals surface area contributed by atoms with Gasteiger partial charge in [0.25, 0.3) is 5.91 Å². The minimum Gasteiger partial charge on any atom is -0.492 e. The van der Waals surface area contributed by atoms with E-state index in [2.05, 4.69) is 15.1 Å². The fourth-order valence-corrected chi connectivity index (χ4v) is 5.25. The van der Waals surface area contributed by atoms with Crippen LogP contribution in [-0.4, -0.2) is 80.7 Å². The van der Waals surface area contributed by atoms with E-state index in [9.17, 15) is 9.59 Å². The molecule has 3 aliphatic rings. The zero-order chi connectivity index (χ0) is 22.9. The molecule has 1 aromatic carbocycles. The summed E-state index contributed by atoms with van der Waals surface area (Å²) in [4.78, 5) is 29.9. The number of rotatable bonds is 2. The molecule has 0 saturated carbocycles. The topological polar surface area (TPSA) is 71.1 Å². The summed E-state index contributed by atoms with van der Waals surface area (Å²) in [6.45, 7) is 6.54. The highest BCUT2D eigenvalue weighted by atomic mass is 16.5. The van der Waals surface area contributed by atoms with Crippen molar-refractivity contribution in [2.75, 3.05) is 59.1 Å². The lowest BCUT2D eigenvalue weighted by Gasteiger charge is -2.42. The van der Waals surface area contributed by atoms with Gasteiger partial charge < -0.3 is 19.7 Å².